The highest BCUT2D eigenvalue weighted by Gasteiger charge is 2.08. The molecule has 1 atom stereocenters. The van der Waals surface area contributed by atoms with Crippen molar-refractivity contribution in [2.24, 2.45) is 5.73 Å². The Balaban J connectivity index is 2.21. The molecular formula is C12H16N4OS. The van der Waals surface area contributed by atoms with E-state index in [4.69, 9.17) is 5.73 Å². The van der Waals surface area contributed by atoms with Gasteiger partial charge in [-0.25, -0.2) is 9.89 Å². The predicted molar refractivity (Wildman–Crippen MR) is 71.7 cm³/mol. The molecule has 18 heavy (non-hydrogen) atoms. The van der Waals surface area contributed by atoms with Crippen LogP contribution < -0.4 is 11.4 Å². The van der Waals surface area contributed by atoms with Crippen molar-refractivity contribution in [2.45, 2.75) is 36.5 Å². The van der Waals surface area contributed by atoms with Gasteiger partial charge in [0.25, 0.3) is 0 Å². The maximum atomic E-state index is 11.4. The van der Waals surface area contributed by atoms with Gasteiger partial charge in [0.2, 0.25) is 0 Å². The number of nitrogens with one attached hydrogen (secondary N) is 1. The molecule has 0 aliphatic rings. The lowest BCUT2D eigenvalue weighted by Crippen LogP contribution is -2.15. The van der Waals surface area contributed by atoms with Crippen molar-refractivity contribution in [2.75, 3.05) is 0 Å². The topological polar surface area (TPSA) is 76.7 Å². The third kappa shape index (κ3) is 2.65. The van der Waals surface area contributed by atoms with E-state index in [1.165, 1.54) is 11.8 Å². The number of aromatic nitrogens is 3. The fraction of sp³-hybridized carbons (Fsp3) is 0.333. The van der Waals surface area contributed by atoms with Crippen LogP contribution in [0.5, 0.6) is 0 Å². The van der Waals surface area contributed by atoms with E-state index in [0.29, 0.717) is 11.7 Å². The molecule has 6 heteroatoms. The molecule has 1 heterocycles. The van der Waals surface area contributed by atoms with E-state index in [2.05, 4.69) is 10.2 Å². The van der Waals surface area contributed by atoms with E-state index >= 15 is 0 Å². The summed E-state index contributed by atoms with van der Waals surface area (Å²) in [6, 6.07) is 8.00. The van der Waals surface area contributed by atoms with Gasteiger partial charge >= 0.3 is 5.69 Å². The largest absolute Gasteiger partial charge is 0.343 e. The minimum atomic E-state index is -0.174. The summed E-state index contributed by atoms with van der Waals surface area (Å²) < 4.78 is 1.60. The Bertz CT molecular complexity index is 571. The first kappa shape index (κ1) is 12.9. The number of aromatic amines is 1. The SMILES string of the molecule is CCn1c(Sc2ccc([C@@H](C)N)cc2)n[nH]c1=O. The van der Waals surface area contributed by atoms with E-state index in [1.54, 1.807) is 4.57 Å². The monoisotopic (exact) mass is 264 g/mol. The van der Waals surface area contributed by atoms with Crippen LogP contribution in [0, 0.1) is 0 Å². The summed E-state index contributed by atoms with van der Waals surface area (Å²) in [6.07, 6.45) is 0. The van der Waals surface area contributed by atoms with Crippen LogP contribution in [0.4, 0.5) is 0 Å². The van der Waals surface area contributed by atoms with Crippen LogP contribution in [-0.2, 0) is 6.54 Å². The molecule has 0 saturated carbocycles. The summed E-state index contributed by atoms with van der Waals surface area (Å²) in [5.74, 6) is 0. The number of H-pyrrole nitrogens is 1. The zero-order chi connectivity index (χ0) is 13.1. The number of hydrogen-bond acceptors (Lipinski definition) is 4. The van der Waals surface area contributed by atoms with E-state index in [9.17, 15) is 4.79 Å². The Morgan fingerprint density at radius 2 is 2.11 bits per heavy atom. The average Bonchev–Trinajstić information content (AvgIpc) is 2.70. The summed E-state index contributed by atoms with van der Waals surface area (Å²) in [4.78, 5) is 12.5. The highest BCUT2D eigenvalue weighted by atomic mass is 32.2. The summed E-state index contributed by atoms with van der Waals surface area (Å²) in [5, 5.41) is 7.13. The van der Waals surface area contributed by atoms with E-state index in [0.717, 1.165) is 10.5 Å². The zero-order valence-corrected chi connectivity index (χ0v) is 11.2. The van der Waals surface area contributed by atoms with Gasteiger partial charge in [-0.15, -0.1) is 5.10 Å². The van der Waals surface area contributed by atoms with Gasteiger partial charge in [-0.05, 0) is 43.3 Å². The Labute approximate surface area is 109 Å². The van der Waals surface area contributed by atoms with E-state index in [1.807, 2.05) is 38.1 Å². The molecule has 0 spiro atoms. The molecule has 0 fully saturated rings. The second kappa shape index (κ2) is 5.41. The van der Waals surface area contributed by atoms with Gasteiger partial charge < -0.3 is 5.73 Å². The number of nitrogens with two attached hydrogens (primary N) is 1. The van der Waals surface area contributed by atoms with Gasteiger partial charge in [0.1, 0.15) is 0 Å². The molecule has 0 aliphatic heterocycles. The summed E-state index contributed by atoms with van der Waals surface area (Å²) in [7, 11) is 0. The molecule has 0 bridgehead atoms. The Hall–Kier alpha value is -1.53. The number of benzene rings is 1. The number of rotatable bonds is 4. The Morgan fingerprint density at radius 1 is 1.44 bits per heavy atom. The van der Waals surface area contributed by atoms with Crippen molar-refractivity contribution in [3.05, 3.63) is 40.3 Å². The highest BCUT2D eigenvalue weighted by molar-refractivity contribution is 7.99. The summed E-state index contributed by atoms with van der Waals surface area (Å²) in [6.45, 7) is 4.47. The molecule has 5 nitrogen and oxygen atoms in total. The van der Waals surface area contributed by atoms with Gasteiger partial charge in [-0.2, -0.15) is 0 Å². The molecule has 0 aliphatic carbocycles. The van der Waals surface area contributed by atoms with Crippen LogP contribution in [0.2, 0.25) is 0 Å². The normalized spacial score (nSPS) is 12.6. The number of hydrogen-bond donors (Lipinski definition) is 2. The molecule has 96 valence electrons. The van der Waals surface area contributed by atoms with Gasteiger partial charge in [-0.1, -0.05) is 12.1 Å². The third-order valence-electron chi connectivity index (χ3n) is 2.65. The van der Waals surface area contributed by atoms with Crippen molar-refractivity contribution >= 4 is 11.8 Å². The van der Waals surface area contributed by atoms with Gasteiger partial charge in [-0.3, -0.25) is 4.57 Å². The smallest absolute Gasteiger partial charge is 0.324 e. The summed E-state index contributed by atoms with van der Waals surface area (Å²) in [5.41, 5.74) is 6.71. The molecule has 0 radical (unpaired) electrons. The fourth-order valence-corrected chi connectivity index (χ4v) is 2.50. The number of nitrogens with zero attached hydrogens (tertiary/aromatic N) is 2. The second-order valence-corrected chi connectivity index (χ2v) is 5.06. The Kier molecular flexibility index (Phi) is 3.88. The highest BCUT2D eigenvalue weighted by Crippen LogP contribution is 2.25. The first-order valence-electron chi connectivity index (χ1n) is 5.80. The van der Waals surface area contributed by atoms with E-state index < -0.39 is 0 Å². The van der Waals surface area contributed by atoms with Crippen molar-refractivity contribution in [3.63, 3.8) is 0 Å². The lowest BCUT2D eigenvalue weighted by atomic mass is 10.1. The zero-order valence-electron chi connectivity index (χ0n) is 10.4. The minimum absolute atomic E-state index is 0.0308. The Morgan fingerprint density at radius 3 is 2.67 bits per heavy atom. The maximum Gasteiger partial charge on any atom is 0.343 e. The van der Waals surface area contributed by atoms with Gasteiger partial charge in [0.05, 0.1) is 0 Å². The first-order chi connectivity index (χ1) is 8.61. The fourth-order valence-electron chi connectivity index (χ4n) is 1.60. The van der Waals surface area contributed by atoms with Gasteiger partial charge in [0, 0.05) is 17.5 Å². The molecule has 0 unspecified atom stereocenters. The lowest BCUT2D eigenvalue weighted by molar-refractivity contribution is 0.660. The maximum absolute atomic E-state index is 11.4. The molecule has 3 N–H and O–H groups in total. The standard InChI is InChI=1S/C12H16N4OS/c1-3-16-11(17)14-15-12(16)18-10-6-4-9(5-7-10)8(2)13/h4-8H,3,13H2,1-2H3,(H,14,17)/t8-/m1/s1. The molecule has 0 saturated heterocycles. The average molecular weight is 264 g/mol. The van der Waals surface area contributed by atoms with E-state index in [-0.39, 0.29) is 11.7 Å². The predicted octanol–water partition coefficient (Wildman–Crippen LogP) is 1.76. The summed E-state index contributed by atoms with van der Waals surface area (Å²) >= 11 is 1.46. The molecule has 1 aromatic heterocycles. The van der Waals surface area contributed by atoms with Crippen LogP contribution >= 0.6 is 11.8 Å². The van der Waals surface area contributed by atoms with Crippen molar-refractivity contribution in [1.82, 2.24) is 14.8 Å². The minimum Gasteiger partial charge on any atom is -0.324 e. The quantitative estimate of drug-likeness (QED) is 0.882. The van der Waals surface area contributed by atoms with Crippen LogP contribution in [0.3, 0.4) is 0 Å². The first-order valence-corrected chi connectivity index (χ1v) is 6.62. The van der Waals surface area contributed by atoms with Gasteiger partial charge in [0.15, 0.2) is 5.16 Å². The lowest BCUT2D eigenvalue weighted by Gasteiger charge is -2.06. The molecular weight excluding hydrogens is 248 g/mol. The van der Waals surface area contributed by atoms with Crippen LogP contribution in [0.25, 0.3) is 0 Å². The molecule has 0 amide bonds. The van der Waals surface area contributed by atoms with Crippen LogP contribution in [0.1, 0.15) is 25.5 Å². The van der Waals surface area contributed by atoms with Crippen molar-refractivity contribution < 1.29 is 0 Å². The van der Waals surface area contributed by atoms with Crippen LogP contribution in [0.15, 0.2) is 39.1 Å². The van der Waals surface area contributed by atoms with Crippen LogP contribution in [-0.4, -0.2) is 14.8 Å². The third-order valence-corrected chi connectivity index (χ3v) is 3.66. The molecule has 1 aromatic carbocycles. The molecule has 2 rings (SSSR count). The van der Waals surface area contributed by atoms with Crippen molar-refractivity contribution in [3.8, 4) is 0 Å². The molecule has 2 aromatic rings. The second-order valence-electron chi connectivity index (χ2n) is 4.02. The van der Waals surface area contributed by atoms with Crippen molar-refractivity contribution in [1.29, 1.82) is 0 Å².